The first kappa shape index (κ1) is 24.4. The van der Waals surface area contributed by atoms with Crippen LogP contribution in [0, 0.1) is 34.6 Å². The molecule has 37 heavy (non-hydrogen) atoms. The standard InChI is InChI=1S/C35H34N2/c1-24-9-6-12-31(19-24)36-34-17-15-29(22-27(34)4)30-16-18-35(28(5)23-30)37(32-13-7-10-25(2)20-32)33-14-8-11-26(3)21-33/h6-23,36H,1-5H3. The molecule has 5 aromatic rings. The van der Waals surface area contributed by atoms with Crippen LogP contribution in [0.25, 0.3) is 11.1 Å². The third kappa shape index (κ3) is 5.44. The Morgan fingerprint density at radius 1 is 0.486 bits per heavy atom. The van der Waals surface area contributed by atoms with Crippen LogP contribution < -0.4 is 10.2 Å². The number of hydrogen-bond acceptors (Lipinski definition) is 2. The van der Waals surface area contributed by atoms with Crippen molar-refractivity contribution in [3.8, 4) is 11.1 Å². The smallest absolute Gasteiger partial charge is 0.0491 e. The van der Waals surface area contributed by atoms with Gasteiger partial charge in [0.1, 0.15) is 0 Å². The molecule has 1 N–H and O–H groups in total. The van der Waals surface area contributed by atoms with Crippen LogP contribution in [0.1, 0.15) is 27.8 Å². The van der Waals surface area contributed by atoms with Gasteiger partial charge >= 0.3 is 0 Å². The van der Waals surface area contributed by atoms with E-state index >= 15 is 0 Å². The average molecular weight is 483 g/mol. The number of anilines is 5. The summed E-state index contributed by atoms with van der Waals surface area (Å²) in [5, 5.41) is 3.57. The molecule has 0 aliphatic carbocycles. The molecule has 0 aliphatic rings. The Morgan fingerprint density at radius 3 is 1.57 bits per heavy atom. The van der Waals surface area contributed by atoms with Gasteiger partial charge in [-0.3, -0.25) is 0 Å². The lowest BCUT2D eigenvalue weighted by atomic mass is 9.99. The van der Waals surface area contributed by atoms with E-state index in [0.717, 1.165) is 11.4 Å². The molecular weight excluding hydrogens is 448 g/mol. The van der Waals surface area contributed by atoms with E-state index < -0.39 is 0 Å². The summed E-state index contributed by atoms with van der Waals surface area (Å²) in [6.07, 6.45) is 0. The second kappa shape index (κ2) is 10.4. The van der Waals surface area contributed by atoms with Gasteiger partial charge < -0.3 is 10.2 Å². The highest BCUT2D eigenvalue weighted by atomic mass is 15.1. The largest absolute Gasteiger partial charge is 0.355 e. The van der Waals surface area contributed by atoms with Crippen LogP contribution in [-0.2, 0) is 0 Å². The fourth-order valence-corrected chi connectivity index (χ4v) is 4.91. The Hall–Kier alpha value is -4.30. The van der Waals surface area contributed by atoms with Crippen LogP contribution >= 0.6 is 0 Å². The van der Waals surface area contributed by atoms with Gasteiger partial charge in [0.05, 0.1) is 0 Å². The van der Waals surface area contributed by atoms with E-state index in [9.17, 15) is 0 Å². The van der Waals surface area contributed by atoms with E-state index in [4.69, 9.17) is 0 Å². The lowest BCUT2D eigenvalue weighted by molar-refractivity contribution is 1.23. The van der Waals surface area contributed by atoms with Gasteiger partial charge in [-0.15, -0.1) is 0 Å². The highest BCUT2D eigenvalue weighted by Crippen LogP contribution is 2.39. The fourth-order valence-electron chi connectivity index (χ4n) is 4.91. The van der Waals surface area contributed by atoms with Crippen molar-refractivity contribution in [2.24, 2.45) is 0 Å². The van der Waals surface area contributed by atoms with Crippen LogP contribution in [0.4, 0.5) is 28.4 Å². The monoisotopic (exact) mass is 482 g/mol. The summed E-state index contributed by atoms with van der Waals surface area (Å²) < 4.78 is 0. The summed E-state index contributed by atoms with van der Waals surface area (Å²) in [5.74, 6) is 0. The van der Waals surface area contributed by atoms with Crippen LogP contribution in [-0.4, -0.2) is 0 Å². The highest BCUT2D eigenvalue weighted by Gasteiger charge is 2.16. The number of aryl methyl sites for hydroxylation is 5. The molecule has 0 saturated heterocycles. The molecule has 0 aromatic heterocycles. The second-order valence-electron chi connectivity index (χ2n) is 10.0. The summed E-state index contributed by atoms with van der Waals surface area (Å²) in [5.41, 5.74) is 14.4. The number of benzene rings is 5. The molecule has 0 radical (unpaired) electrons. The summed E-state index contributed by atoms with van der Waals surface area (Å²) in [7, 11) is 0. The SMILES string of the molecule is Cc1cccc(Nc2ccc(-c3ccc(N(c4cccc(C)c4)c4cccc(C)c4)c(C)c3)cc2C)c1. The predicted molar refractivity (Wildman–Crippen MR) is 160 cm³/mol. The molecule has 2 heteroatoms. The Kier molecular flexibility index (Phi) is 6.83. The molecule has 0 heterocycles. The van der Waals surface area contributed by atoms with E-state index in [1.807, 2.05) is 0 Å². The van der Waals surface area contributed by atoms with Gasteiger partial charge in [0, 0.05) is 28.4 Å². The Labute approximate surface area is 221 Å². The first-order valence-electron chi connectivity index (χ1n) is 12.9. The number of nitrogens with one attached hydrogen (secondary N) is 1. The zero-order chi connectivity index (χ0) is 25.9. The van der Waals surface area contributed by atoms with E-state index in [1.165, 1.54) is 56.0 Å². The molecule has 0 fully saturated rings. The van der Waals surface area contributed by atoms with E-state index in [2.05, 4.69) is 154 Å². The maximum absolute atomic E-state index is 3.57. The molecule has 0 saturated carbocycles. The molecule has 0 bridgehead atoms. The first-order valence-corrected chi connectivity index (χ1v) is 12.9. The number of hydrogen-bond donors (Lipinski definition) is 1. The predicted octanol–water partition coefficient (Wildman–Crippen LogP) is 10.1. The quantitative estimate of drug-likeness (QED) is 0.259. The Balaban J connectivity index is 1.49. The highest BCUT2D eigenvalue weighted by molar-refractivity contribution is 5.81. The minimum absolute atomic E-state index is 1.11. The van der Waals surface area contributed by atoms with Gasteiger partial charge in [-0.05, 0) is 134 Å². The number of nitrogens with zero attached hydrogens (tertiary/aromatic N) is 1. The molecule has 5 aromatic carbocycles. The van der Waals surface area contributed by atoms with Gasteiger partial charge in [0.15, 0.2) is 0 Å². The summed E-state index contributed by atoms with van der Waals surface area (Å²) in [6.45, 7) is 10.8. The van der Waals surface area contributed by atoms with Gasteiger partial charge in [-0.1, -0.05) is 48.5 Å². The normalized spacial score (nSPS) is 10.8. The molecule has 0 unspecified atom stereocenters. The van der Waals surface area contributed by atoms with Crippen molar-refractivity contribution in [1.82, 2.24) is 0 Å². The molecule has 0 atom stereocenters. The van der Waals surface area contributed by atoms with Crippen molar-refractivity contribution in [3.63, 3.8) is 0 Å². The van der Waals surface area contributed by atoms with E-state index in [0.29, 0.717) is 0 Å². The average Bonchev–Trinajstić information content (AvgIpc) is 2.87. The molecule has 0 amide bonds. The Bertz CT molecular complexity index is 1520. The summed E-state index contributed by atoms with van der Waals surface area (Å²) in [6, 6.07) is 39.4. The van der Waals surface area contributed by atoms with E-state index in [1.54, 1.807) is 0 Å². The minimum atomic E-state index is 1.11. The van der Waals surface area contributed by atoms with Crippen molar-refractivity contribution < 1.29 is 0 Å². The lowest BCUT2D eigenvalue weighted by Crippen LogP contribution is -2.11. The molecule has 184 valence electrons. The van der Waals surface area contributed by atoms with Gasteiger partial charge in [0.2, 0.25) is 0 Å². The third-order valence-electron chi connectivity index (χ3n) is 6.81. The zero-order valence-electron chi connectivity index (χ0n) is 22.3. The third-order valence-corrected chi connectivity index (χ3v) is 6.81. The summed E-state index contributed by atoms with van der Waals surface area (Å²) in [4.78, 5) is 2.36. The van der Waals surface area contributed by atoms with Crippen molar-refractivity contribution in [1.29, 1.82) is 0 Å². The van der Waals surface area contributed by atoms with Crippen LogP contribution in [0.15, 0.2) is 109 Å². The lowest BCUT2D eigenvalue weighted by Gasteiger charge is -2.28. The minimum Gasteiger partial charge on any atom is -0.355 e. The van der Waals surface area contributed by atoms with Crippen molar-refractivity contribution in [3.05, 3.63) is 137 Å². The molecule has 2 nitrogen and oxygen atoms in total. The van der Waals surface area contributed by atoms with Crippen LogP contribution in [0.2, 0.25) is 0 Å². The molecular formula is C35H34N2. The van der Waals surface area contributed by atoms with Crippen LogP contribution in [0.5, 0.6) is 0 Å². The van der Waals surface area contributed by atoms with Crippen molar-refractivity contribution in [2.75, 3.05) is 10.2 Å². The van der Waals surface area contributed by atoms with Crippen LogP contribution in [0.3, 0.4) is 0 Å². The first-order chi connectivity index (χ1) is 17.9. The maximum atomic E-state index is 3.57. The fraction of sp³-hybridized carbons (Fsp3) is 0.143. The number of rotatable bonds is 6. The van der Waals surface area contributed by atoms with Gasteiger partial charge in [0.25, 0.3) is 0 Å². The second-order valence-corrected chi connectivity index (χ2v) is 10.0. The van der Waals surface area contributed by atoms with Gasteiger partial charge in [-0.25, -0.2) is 0 Å². The topological polar surface area (TPSA) is 15.3 Å². The summed E-state index contributed by atoms with van der Waals surface area (Å²) >= 11 is 0. The molecule has 0 aliphatic heterocycles. The van der Waals surface area contributed by atoms with Crippen molar-refractivity contribution >= 4 is 28.4 Å². The van der Waals surface area contributed by atoms with Crippen molar-refractivity contribution in [2.45, 2.75) is 34.6 Å². The van der Waals surface area contributed by atoms with Gasteiger partial charge in [-0.2, -0.15) is 0 Å². The molecule has 0 spiro atoms. The maximum Gasteiger partial charge on any atom is 0.0491 e. The zero-order valence-corrected chi connectivity index (χ0v) is 22.3. The molecule has 5 rings (SSSR count). The van der Waals surface area contributed by atoms with E-state index in [-0.39, 0.29) is 0 Å². The Morgan fingerprint density at radius 2 is 1.03 bits per heavy atom.